The van der Waals surface area contributed by atoms with E-state index in [9.17, 15) is 0 Å². The van der Waals surface area contributed by atoms with E-state index in [-0.39, 0.29) is 68.2 Å². The molecule has 4 rings (SSSR count). The van der Waals surface area contributed by atoms with E-state index in [1.807, 2.05) is 0 Å². The standard InChI is InChI=1S/C44H82N12O2/c1-37(2,3)27-43(15,16)51-31-45-33(49-35(47-31)57-19)55(29-23-39(7,8)53-40(9,10)24-29)21-22-56(30-25-41(11,12)54-42(13,14)26-30)34-46-32(48-36(50-34)58-20)52-44(17,18)28-38(4,5)6/h29-30,53-54H,21-28H2,1-20H3,(H,45,47,49,51)(H,46,48,50,52). The number of hydrogen-bond acceptors (Lipinski definition) is 14. The van der Waals surface area contributed by atoms with Crippen LogP contribution in [0.1, 0.15) is 163 Å². The molecular formula is C44H82N12O2. The number of anilines is 4. The molecule has 2 aromatic heterocycles. The number of aromatic nitrogens is 6. The summed E-state index contributed by atoms with van der Waals surface area (Å²) in [4.78, 5) is 34.5. The fraction of sp³-hybridized carbons (Fsp3) is 0.864. The van der Waals surface area contributed by atoms with Crippen molar-refractivity contribution in [2.45, 2.75) is 208 Å². The predicted octanol–water partition coefficient (Wildman–Crippen LogP) is 8.26. The van der Waals surface area contributed by atoms with Gasteiger partial charge in [0, 0.05) is 58.4 Å². The van der Waals surface area contributed by atoms with E-state index in [0.717, 1.165) is 38.5 Å². The Morgan fingerprint density at radius 2 is 0.810 bits per heavy atom. The molecule has 0 aliphatic carbocycles. The Kier molecular flexibility index (Phi) is 13.6. The quantitative estimate of drug-likeness (QED) is 0.137. The predicted molar refractivity (Wildman–Crippen MR) is 240 cm³/mol. The van der Waals surface area contributed by atoms with Gasteiger partial charge in [-0.25, -0.2) is 0 Å². The van der Waals surface area contributed by atoms with Crippen molar-refractivity contribution in [2.75, 3.05) is 47.7 Å². The molecule has 0 radical (unpaired) electrons. The van der Waals surface area contributed by atoms with E-state index in [4.69, 9.17) is 39.4 Å². The first kappa shape index (κ1) is 47.4. The fourth-order valence-electron chi connectivity index (χ4n) is 10.7. The van der Waals surface area contributed by atoms with Gasteiger partial charge in [-0.05, 0) is 132 Å². The van der Waals surface area contributed by atoms with Crippen LogP contribution in [-0.4, -0.2) is 103 Å². The molecule has 4 heterocycles. The van der Waals surface area contributed by atoms with Crippen LogP contribution in [0.15, 0.2) is 0 Å². The van der Waals surface area contributed by atoms with Crippen molar-refractivity contribution >= 4 is 23.8 Å². The molecule has 58 heavy (non-hydrogen) atoms. The lowest BCUT2D eigenvalue weighted by Crippen LogP contribution is -2.64. The zero-order valence-corrected chi connectivity index (χ0v) is 40.2. The Hall–Kier alpha value is -3.26. The highest BCUT2D eigenvalue weighted by Crippen LogP contribution is 2.37. The van der Waals surface area contributed by atoms with E-state index in [0.29, 0.717) is 36.9 Å². The molecule has 0 atom stereocenters. The van der Waals surface area contributed by atoms with Crippen LogP contribution in [0.2, 0.25) is 0 Å². The van der Waals surface area contributed by atoms with E-state index in [1.165, 1.54) is 0 Å². The van der Waals surface area contributed by atoms with Gasteiger partial charge in [-0.15, -0.1) is 0 Å². The smallest absolute Gasteiger partial charge is 0.322 e. The van der Waals surface area contributed by atoms with Crippen LogP contribution < -0.4 is 40.5 Å². The molecule has 2 aromatic rings. The van der Waals surface area contributed by atoms with Crippen molar-refractivity contribution in [2.24, 2.45) is 10.8 Å². The third-order valence-corrected chi connectivity index (χ3v) is 10.7. The van der Waals surface area contributed by atoms with Crippen LogP contribution in [-0.2, 0) is 0 Å². The summed E-state index contributed by atoms with van der Waals surface area (Å²) in [6.45, 7) is 41.8. The summed E-state index contributed by atoms with van der Waals surface area (Å²) in [6, 6.07) is 0.789. The number of piperidine rings is 2. The van der Waals surface area contributed by atoms with Gasteiger partial charge in [0.25, 0.3) is 0 Å². The monoisotopic (exact) mass is 811 g/mol. The molecule has 2 saturated heterocycles. The Labute approximate surface area is 352 Å². The number of nitrogens with zero attached hydrogens (tertiary/aromatic N) is 8. The molecule has 0 amide bonds. The molecule has 0 spiro atoms. The minimum absolute atomic E-state index is 0.103. The van der Waals surface area contributed by atoms with Gasteiger partial charge < -0.3 is 40.5 Å². The molecule has 2 aliphatic rings. The number of methoxy groups -OCH3 is 2. The summed E-state index contributed by atoms with van der Waals surface area (Å²) in [6.07, 6.45) is 5.42. The van der Waals surface area contributed by atoms with Gasteiger partial charge in [-0.1, -0.05) is 41.5 Å². The number of hydrogen-bond donors (Lipinski definition) is 4. The average molecular weight is 811 g/mol. The summed E-state index contributed by atoms with van der Waals surface area (Å²) in [5, 5.41) is 15.1. The summed E-state index contributed by atoms with van der Waals surface area (Å²) in [7, 11) is 3.24. The SMILES string of the molecule is COc1nc(NC(C)(C)CC(C)(C)C)nc(N(CCN(c2nc(NC(C)(C)CC(C)(C)C)nc(OC)n2)C2CC(C)(C)NC(C)(C)C2)C2CC(C)(C)NC(C)(C)C2)n1. The van der Waals surface area contributed by atoms with Crippen molar-refractivity contribution in [1.29, 1.82) is 0 Å². The maximum Gasteiger partial charge on any atom is 0.322 e. The second-order valence-electron chi connectivity index (χ2n) is 23.7. The van der Waals surface area contributed by atoms with Crippen LogP contribution in [0.5, 0.6) is 12.0 Å². The molecule has 0 unspecified atom stereocenters. The lowest BCUT2D eigenvalue weighted by atomic mass is 9.78. The Morgan fingerprint density at radius 1 is 0.517 bits per heavy atom. The zero-order valence-electron chi connectivity index (χ0n) is 40.2. The third kappa shape index (κ3) is 14.2. The maximum absolute atomic E-state index is 5.77. The highest BCUT2D eigenvalue weighted by molar-refractivity contribution is 5.45. The molecule has 2 fully saturated rings. The van der Waals surface area contributed by atoms with Crippen molar-refractivity contribution in [3.8, 4) is 12.0 Å². The van der Waals surface area contributed by atoms with Gasteiger partial charge in [0.2, 0.25) is 23.8 Å². The molecule has 0 saturated carbocycles. The summed E-state index contributed by atoms with van der Waals surface area (Å²) in [5.41, 5.74) is -0.837. The first-order valence-corrected chi connectivity index (χ1v) is 21.5. The van der Waals surface area contributed by atoms with E-state index in [2.05, 4.69) is 156 Å². The molecule has 2 aliphatic heterocycles. The summed E-state index contributed by atoms with van der Waals surface area (Å²) in [5.74, 6) is 2.18. The van der Waals surface area contributed by atoms with Crippen molar-refractivity contribution in [1.82, 2.24) is 40.5 Å². The topological polar surface area (TPSA) is 150 Å². The van der Waals surface area contributed by atoms with Crippen molar-refractivity contribution < 1.29 is 9.47 Å². The third-order valence-electron chi connectivity index (χ3n) is 10.7. The second-order valence-corrected chi connectivity index (χ2v) is 23.7. The highest BCUT2D eigenvalue weighted by atomic mass is 16.5. The highest BCUT2D eigenvalue weighted by Gasteiger charge is 2.44. The van der Waals surface area contributed by atoms with Crippen LogP contribution in [0.4, 0.5) is 23.8 Å². The van der Waals surface area contributed by atoms with Crippen molar-refractivity contribution in [3.63, 3.8) is 0 Å². The summed E-state index contributed by atoms with van der Waals surface area (Å²) >= 11 is 0. The van der Waals surface area contributed by atoms with Gasteiger partial charge in [-0.2, -0.15) is 29.9 Å². The number of ether oxygens (including phenoxy) is 2. The molecule has 14 heteroatoms. The van der Waals surface area contributed by atoms with E-state index in [1.54, 1.807) is 14.2 Å². The minimum Gasteiger partial charge on any atom is -0.467 e. The number of rotatable bonds is 15. The Bertz CT molecular complexity index is 1540. The first-order valence-electron chi connectivity index (χ1n) is 21.5. The average Bonchev–Trinajstić information content (AvgIpc) is 2.96. The zero-order chi connectivity index (χ0) is 43.9. The Morgan fingerprint density at radius 3 is 1.07 bits per heavy atom. The fourth-order valence-corrected chi connectivity index (χ4v) is 10.7. The maximum atomic E-state index is 5.77. The first-order chi connectivity index (χ1) is 26.2. The van der Waals surface area contributed by atoms with Gasteiger partial charge in [-0.3, -0.25) is 0 Å². The van der Waals surface area contributed by atoms with Gasteiger partial charge in [0.05, 0.1) is 14.2 Å². The molecule has 330 valence electrons. The molecular weight excluding hydrogens is 729 g/mol. The molecule has 0 aromatic carbocycles. The van der Waals surface area contributed by atoms with Crippen LogP contribution in [0.3, 0.4) is 0 Å². The molecule has 0 bridgehead atoms. The van der Waals surface area contributed by atoms with E-state index >= 15 is 0 Å². The van der Waals surface area contributed by atoms with Crippen LogP contribution >= 0.6 is 0 Å². The largest absolute Gasteiger partial charge is 0.467 e. The molecule has 14 nitrogen and oxygen atoms in total. The second kappa shape index (κ2) is 16.7. The molecule has 4 N–H and O–H groups in total. The van der Waals surface area contributed by atoms with Gasteiger partial charge in [0.15, 0.2) is 0 Å². The van der Waals surface area contributed by atoms with Gasteiger partial charge in [0.1, 0.15) is 0 Å². The Balaban J connectivity index is 1.86. The van der Waals surface area contributed by atoms with E-state index < -0.39 is 0 Å². The lowest BCUT2D eigenvalue weighted by molar-refractivity contribution is 0.153. The summed E-state index contributed by atoms with van der Waals surface area (Å²) < 4.78 is 11.5. The number of nitrogens with one attached hydrogen (secondary N) is 4. The van der Waals surface area contributed by atoms with Crippen LogP contribution in [0.25, 0.3) is 0 Å². The normalized spacial score (nSPS) is 20.0. The minimum atomic E-state index is -0.276. The van der Waals surface area contributed by atoms with Gasteiger partial charge >= 0.3 is 12.0 Å². The van der Waals surface area contributed by atoms with Crippen LogP contribution in [0, 0.1) is 10.8 Å². The lowest BCUT2D eigenvalue weighted by Gasteiger charge is -2.51. The van der Waals surface area contributed by atoms with Crippen molar-refractivity contribution in [3.05, 3.63) is 0 Å².